The zero-order valence-electron chi connectivity index (χ0n) is 54.0. The van der Waals surface area contributed by atoms with Crippen LogP contribution in [0.25, 0.3) is 18.2 Å². The summed E-state index contributed by atoms with van der Waals surface area (Å²) in [5.74, 6) is 4.31. The van der Waals surface area contributed by atoms with Crippen molar-refractivity contribution in [1.29, 1.82) is 0 Å². The Hall–Kier alpha value is -5.31. The number of rotatable bonds is 21. The summed E-state index contributed by atoms with van der Waals surface area (Å²) < 4.78 is 127. The minimum atomic E-state index is -3.58. The smallest absolute Gasteiger partial charge is 0.234 e. The third kappa shape index (κ3) is 20.4. The molecule has 93 heavy (non-hydrogen) atoms. The van der Waals surface area contributed by atoms with Crippen LogP contribution in [0.5, 0.6) is 0 Å². The lowest BCUT2D eigenvalue weighted by Gasteiger charge is -2.27. The van der Waals surface area contributed by atoms with E-state index >= 15 is 0 Å². The minimum absolute atomic E-state index is 0.0768. The number of hydrogen-bond acceptors (Lipinski definition) is 12. The van der Waals surface area contributed by atoms with Crippen LogP contribution in [0, 0.1) is 17.8 Å². The largest absolute Gasteiger partial charge is 0.264 e. The van der Waals surface area contributed by atoms with Gasteiger partial charge in [-0.25, -0.2) is 39.4 Å². The third-order valence-corrected chi connectivity index (χ3v) is 26.4. The topological polar surface area (TPSA) is 243 Å². The van der Waals surface area contributed by atoms with E-state index in [1.165, 1.54) is 74.0 Å². The zero-order valence-corrected chi connectivity index (χ0v) is 58.9. The molecule has 3 N–H and O–H groups in total. The number of nitrogens with one attached hydrogen (secondary N) is 3. The molecular weight excluding hydrogens is 1290 g/mol. The minimum Gasteiger partial charge on any atom is -0.264 e. The Labute approximate surface area is 559 Å². The molecule has 0 spiro atoms. The van der Waals surface area contributed by atoms with E-state index in [4.69, 9.17) is 15.3 Å². The summed E-state index contributed by atoms with van der Waals surface area (Å²) in [6, 6.07) is 29.8. The molecule has 3 fully saturated rings. The molecule has 3 aliphatic heterocycles. The van der Waals surface area contributed by atoms with Crippen LogP contribution in [0.1, 0.15) is 185 Å². The first kappa shape index (κ1) is 70.5. The summed E-state index contributed by atoms with van der Waals surface area (Å²) >= 11 is 0. The fourth-order valence-corrected chi connectivity index (χ4v) is 20.8. The van der Waals surface area contributed by atoms with E-state index in [0.717, 1.165) is 100 Å². The first-order valence-electron chi connectivity index (χ1n) is 33.3. The van der Waals surface area contributed by atoms with Crippen molar-refractivity contribution in [3.8, 4) is 0 Å². The maximum Gasteiger partial charge on any atom is 0.234 e. The average Bonchev–Trinajstić information content (AvgIpc) is 1.73. The molecular formula is C69H93N9O9S6. The highest BCUT2D eigenvalue weighted by molar-refractivity contribution is 7.93. The number of sulfonamides is 3. The number of hydrogen-bond donors (Lipinski definition) is 3. The third-order valence-electron chi connectivity index (χ3n) is 19.0. The summed E-state index contributed by atoms with van der Waals surface area (Å²) in [5, 5.41) is 17.9. The van der Waals surface area contributed by atoms with Crippen molar-refractivity contribution < 1.29 is 37.9 Å². The number of aryl methyl sites for hydroxylation is 2. The lowest BCUT2D eigenvalue weighted by atomic mass is 9.85. The Bertz CT molecular complexity index is 3800. The van der Waals surface area contributed by atoms with Crippen molar-refractivity contribution in [3.05, 3.63) is 175 Å². The van der Waals surface area contributed by atoms with Crippen molar-refractivity contribution in [1.82, 2.24) is 43.5 Å². The van der Waals surface area contributed by atoms with Gasteiger partial charge in [-0.3, -0.25) is 26.7 Å². The van der Waals surface area contributed by atoms with E-state index in [1.807, 2.05) is 126 Å². The van der Waals surface area contributed by atoms with Gasteiger partial charge in [-0.05, 0) is 112 Å². The average molecular weight is 1380 g/mol. The van der Waals surface area contributed by atoms with Crippen LogP contribution in [0.15, 0.2) is 107 Å². The maximum atomic E-state index is 12.8. The number of fused-ring (bicyclic) bond motifs is 3. The Kier molecular flexibility index (Phi) is 25.1. The highest BCUT2D eigenvalue weighted by Gasteiger charge is 2.30. The highest BCUT2D eigenvalue weighted by atomic mass is 32.2. The van der Waals surface area contributed by atoms with Gasteiger partial charge in [-0.15, -0.1) is 0 Å². The molecule has 0 bridgehead atoms. The van der Waals surface area contributed by atoms with Crippen LogP contribution in [-0.2, 0) is 119 Å². The maximum absolute atomic E-state index is 12.8. The van der Waals surface area contributed by atoms with Gasteiger partial charge in [-0.1, -0.05) is 149 Å². The van der Waals surface area contributed by atoms with Gasteiger partial charge >= 0.3 is 0 Å². The molecule has 6 aliphatic rings. The van der Waals surface area contributed by atoms with Gasteiger partial charge in [0.25, 0.3) is 0 Å². The Morgan fingerprint density at radius 2 is 0.753 bits per heavy atom. The molecule has 24 heteroatoms. The van der Waals surface area contributed by atoms with Crippen molar-refractivity contribution >= 4 is 80.7 Å². The molecule has 5 unspecified atom stereocenters. The predicted molar refractivity (Wildman–Crippen MR) is 376 cm³/mol. The summed E-state index contributed by atoms with van der Waals surface area (Å²) in [5.41, 5.74) is 11.0. The second kappa shape index (κ2) is 33.1. The van der Waals surface area contributed by atoms with Crippen LogP contribution in [-0.4, -0.2) is 103 Å². The van der Waals surface area contributed by atoms with Gasteiger partial charge in [0.15, 0.2) is 0 Å². The first-order valence-corrected chi connectivity index (χ1v) is 42.4. The highest BCUT2D eigenvalue weighted by Crippen LogP contribution is 2.32. The molecule has 504 valence electrons. The van der Waals surface area contributed by atoms with Gasteiger partial charge in [0.2, 0.25) is 30.1 Å². The monoisotopic (exact) mass is 1380 g/mol. The van der Waals surface area contributed by atoms with E-state index in [-0.39, 0.29) is 18.1 Å². The summed E-state index contributed by atoms with van der Waals surface area (Å²) in [4.78, 5) is 0. The van der Waals surface area contributed by atoms with E-state index in [0.29, 0.717) is 96.9 Å². The van der Waals surface area contributed by atoms with Gasteiger partial charge in [-0.2, -0.15) is 15.3 Å². The number of aromatic nitrogens is 6. The van der Waals surface area contributed by atoms with E-state index < -0.39 is 62.5 Å². The predicted octanol–water partition coefficient (Wildman–Crippen LogP) is 10.8. The Morgan fingerprint density at radius 1 is 0.430 bits per heavy atom. The molecule has 0 amide bonds. The van der Waals surface area contributed by atoms with Crippen LogP contribution < -0.4 is 14.2 Å². The van der Waals surface area contributed by atoms with Crippen molar-refractivity contribution in [2.45, 2.75) is 191 Å². The van der Waals surface area contributed by atoms with E-state index in [2.05, 4.69) is 14.2 Å². The molecule has 12 rings (SSSR count). The molecule has 0 radical (unpaired) electrons. The van der Waals surface area contributed by atoms with E-state index in [9.17, 15) is 37.9 Å². The second-order valence-electron chi connectivity index (χ2n) is 25.9. The molecule has 3 aromatic heterocycles. The summed E-state index contributed by atoms with van der Waals surface area (Å²) in [6.07, 6.45) is 24.1. The number of benzene rings is 3. The SMILES string of the molecule is CC(NS(=O)(=O)/C=C/c1c2c(nn1Cc1ccccc1)CCS(=O)C2)C1CCCCC1.CC(NS(=O)(=O)/C=C/c1nn(Cc2ccccc2)c2c1CS(=O)CC2)C1CCCCC1.C[C@@H](NS(=O)(=O)/C=C/c1c2c(nn1Cc1ccccc1)CCS(=O)C2)C1CCCCC1. The van der Waals surface area contributed by atoms with Crippen LogP contribution in [0.2, 0.25) is 0 Å². The molecule has 3 aliphatic carbocycles. The molecule has 0 saturated heterocycles. The number of nitrogens with zero attached hydrogens (tertiary/aromatic N) is 6. The van der Waals surface area contributed by atoms with Crippen molar-refractivity contribution in [2.24, 2.45) is 17.8 Å². The molecule has 18 nitrogen and oxygen atoms in total. The standard InChI is InChI=1S/3C23H31N3O3S2/c1-18(20-10-6-3-7-11-20)25-31(28,29)15-13-22-21-17-30(27)14-12-23(21)26(24-22)16-19-8-4-2-5-9-19;2*1-18(20-10-6-3-7-11-20)25-31(28,29)15-13-23-21-17-30(27)14-12-22(21)24-26(23)16-19-8-4-2-5-9-19/h3*2,4-5,8-9,13,15,18,20,25H,3,6-7,10-12,14,16-17H2,1H3/b3*15-13+/t;18-,30?;/m.1./s1. The molecule has 3 saturated carbocycles. The van der Waals surface area contributed by atoms with Crippen LogP contribution in [0.3, 0.4) is 0 Å². The van der Waals surface area contributed by atoms with Crippen molar-refractivity contribution in [2.75, 3.05) is 17.3 Å². The molecule has 6 heterocycles. The van der Waals surface area contributed by atoms with Crippen molar-refractivity contribution in [3.63, 3.8) is 0 Å². The Balaban J connectivity index is 0.000000153. The normalized spacial score (nSPS) is 21.3. The van der Waals surface area contributed by atoms with Crippen LogP contribution >= 0.6 is 0 Å². The molecule has 6 atom stereocenters. The molecule has 6 aromatic rings. The summed E-state index contributed by atoms with van der Waals surface area (Å²) in [7, 11) is -13.5. The lowest BCUT2D eigenvalue weighted by Crippen LogP contribution is -2.37. The van der Waals surface area contributed by atoms with Gasteiger partial charge in [0, 0.05) is 126 Å². The Morgan fingerprint density at radius 3 is 1.12 bits per heavy atom. The molecule has 3 aromatic carbocycles. The van der Waals surface area contributed by atoms with Crippen LogP contribution in [0.4, 0.5) is 0 Å². The first-order chi connectivity index (χ1) is 44.7. The lowest BCUT2D eigenvalue weighted by molar-refractivity contribution is 0.303. The van der Waals surface area contributed by atoms with E-state index in [1.54, 1.807) is 18.2 Å². The van der Waals surface area contributed by atoms with Gasteiger partial charge in [0.05, 0.1) is 65.4 Å². The quantitative estimate of drug-likeness (QED) is 0.0609. The zero-order chi connectivity index (χ0) is 65.5. The fourth-order valence-electron chi connectivity index (χ4n) is 13.9. The van der Waals surface area contributed by atoms with Gasteiger partial charge in [0.1, 0.15) is 0 Å². The summed E-state index contributed by atoms with van der Waals surface area (Å²) in [6.45, 7) is 7.60. The fraction of sp³-hybridized carbons (Fsp3) is 0.522. The second-order valence-corrected chi connectivity index (χ2v) is 35.5. The van der Waals surface area contributed by atoms with Gasteiger partial charge < -0.3 is 0 Å².